The van der Waals surface area contributed by atoms with Crippen molar-refractivity contribution in [3.8, 4) is 33.6 Å². The lowest BCUT2D eigenvalue weighted by Gasteiger charge is -2.12. The van der Waals surface area contributed by atoms with Crippen LogP contribution in [0.2, 0.25) is 0 Å². The van der Waals surface area contributed by atoms with Crippen LogP contribution >= 0.6 is 0 Å². The van der Waals surface area contributed by atoms with Crippen LogP contribution in [0.5, 0.6) is 0 Å². The summed E-state index contributed by atoms with van der Waals surface area (Å²) in [7, 11) is 0. The van der Waals surface area contributed by atoms with Gasteiger partial charge in [-0.05, 0) is 51.7 Å². The predicted molar refractivity (Wildman–Crippen MR) is 144 cm³/mol. The minimum Gasteiger partial charge on any atom is -0.276 e. The number of nitrogens with zero attached hydrogens (tertiary/aromatic N) is 3. The van der Waals surface area contributed by atoms with E-state index < -0.39 is 0 Å². The number of rotatable bonds is 3. The number of hydrogen-bond acceptors (Lipinski definition) is 2. The maximum atomic E-state index is 5.02. The second-order valence-electron chi connectivity index (χ2n) is 8.74. The third kappa shape index (κ3) is 3.29. The average Bonchev–Trinajstić information content (AvgIpc) is 3.31. The zero-order valence-electron chi connectivity index (χ0n) is 19.0. The van der Waals surface area contributed by atoms with Crippen LogP contribution < -0.4 is 0 Å². The first-order valence-electron chi connectivity index (χ1n) is 11.8. The molecule has 0 radical (unpaired) electrons. The molecule has 0 fully saturated rings. The summed E-state index contributed by atoms with van der Waals surface area (Å²) >= 11 is 0. The zero-order chi connectivity index (χ0) is 23.2. The summed E-state index contributed by atoms with van der Waals surface area (Å²) in [5.74, 6) is 0.707. The zero-order valence-corrected chi connectivity index (χ0v) is 19.0. The van der Waals surface area contributed by atoms with E-state index in [0.29, 0.717) is 5.78 Å². The first-order chi connectivity index (χ1) is 17.3. The van der Waals surface area contributed by atoms with E-state index in [1.165, 1.54) is 21.9 Å². The van der Waals surface area contributed by atoms with E-state index in [-0.39, 0.29) is 0 Å². The van der Waals surface area contributed by atoms with E-state index in [9.17, 15) is 0 Å². The van der Waals surface area contributed by atoms with Crippen LogP contribution in [0.3, 0.4) is 0 Å². The summed E-state index contributed by atoms with van der Waals surface area (Å²) in [5, 5.41) is 2.49. The molecule has 2 heterocycles. The molecule has 0 unspecified atom stereocenters. The molecule has 0 aliphatic heterocycles. The lowest BCUT2D eigenvalue weighted by atomic mass is 9.96. The number of benzene rings is 5. The minimum atomic E-state index is 0.707. The van der Waals surface area contributed by atoms with Crippen molar-refractivity contribution in [3.63, 3.8) is 0 Å². The Labute approximate surface area is 203 Å². The van der Waals surface area contributed by atoms with Gasteiger partial charge in [-0.15, -0.1) is 0 Å². The maximum Gasteiger partial charge on any atom is 0.235 e. The molecule has 0 aliphatic carbocycles. The molecule has 0 saturated heterocycles. The second-order valence-corrected chi connectivity index (χ2v) is 8.74. The lowest BCUT2D eigenvalue weighted by Crippen LogP contribution is -1.97. The van der Waals surface area contributed by atoms with Crippen LogP contribution in [0.1, 0.15) is 0 Å². The van der Waals surface area contributed by atoms with Crippen molar-refractivity contribution >= 4 is 27.6 Å². The van der Waals surface area contributed by atoms with Crippen molar-refractivity contribution in [1.29, 1.82) is 0 Å². The molecule has 0 atom stereocenters. The first-order valence-corrected chi connectivity index (χ1v) is 11.8. The van der Waals surface area contributed by atoms with Gasteiger partial charge in [-0.25, -0.2) is 9.97 Å². The lowest BCUT2D eigenvalue weighted by molar-refractivity contribution is 1.14. The maximum absolute atomic E-state index is 5.02. The van der Waals surface area contributed by atoms with E-state index in [1.807, 2.05) is 24.3 Å². The molecule has 164 valence electrons. The van der Waals surface area contributed by atoms with Gasteiger partial charge in [0.05, 0.1) is 22.4 Å². The number of hydrogen-bond donors (Lipinski definition) is 0. The van der Waals surface area contributed by atoms with Crippen LogP contribution in [0.25, 0.3) is 61.2 Å². The Bertz CT molecular complexity index is 1840. The van der Waals surface area contributed by atoms with Gasteiger partial charge < -0.3 is 0 Å². The van der Waals surface area contributed by atoms with Crippen LogP contribution in [0, 0.1) is 0 Å². The molecule has 0 amide bonds. The quantitative estimate of drug-likeness (QED) is 0.274. The largest absolute Gasteiger partial charge is 0.276 e. The predicted octanol–water partition coefficient (Wildman–Crippen LogP) is 8.04. The van der Waals surface area contributed by atoms with Gasteiger partial charge >= 0.3 is 0 Å². The molecule has 0 bridgehead atoms. The highest BCUT2D eigenvalue weighted by atomic mass is 15.1. The average molecular weight is 448 g/mol. The fourth-order valence-electron chi connectivity index (χ4n) is 4.95. The first kappa shape index (κ1) is 19.7. The molecule has 0 saturated carbocycles. The molecule has 5 aromatic carbocycles. The summed E-state index contributed by atoms with van der Waals surface area (Å²) < 4.78 is 2.16. The van der Waals surface area contributed by atoms with Gasteiger partial charge in [0.25, 0.3) is 0 Å². The van der Waals surface area contributed by atoms with E-state index in [2.05, 4.69) is 108 Å². The third-order valence-corrected chi connectivity index (χ3v) is 6.61. The fourth-order valence-corrected chi connectivity index (χ4v) is 4.95. The topological polar surface area (TPSA) is 30.2 Å². The molecular weight excluding hydrogens is 426 g/mol. The Hall–Kier alpha value is -4.76. The summed E-state index contributed by atoms with van der Waals surface area (Å²) in [5.41, 5.74) is 8.60. The van der Waals surface area contributed by atoms with Crippen molar-refractivity contribution in [3.05, 3.63) is 127 Å². The number of fused-ring (bicyclic) bond motifs is 4. The van der Waals surface area contributed by atoms with Crippen LogP contribution in [0.15, 0.2) is 127 Å². The van der Waals surface area contributed by atoms with E-state index in [1.54, 1.807) is 0 Å². The smallest absolute Gasteiger partial charge is 0.235 e. The SMILES string of the molecule is c1ccc(-c2cc(-c3cccc(-c4cccc5ccccc45)c3)nc3nc4ccccc4n23)cc1. The van der Waals surface area contributed by atoms with E-state index >= 15 is 0 Å². The van der Waals surface area contributed by atoms with E-state index in [0.717, 1.165) is 33.5 Å². The van der Waals surface area contributed by atoms with Crippen molar-refractivity contribution in [2.75, 3.05) is 0 Å². The van der Waals surface area contributed by atoms with Gasteiger partial charge in [-0.1, -0.05) is 103 Å². The summed E-state index contributed by atoms with van der Waals surface area (Å²) in [6.45, 7) is 0. The molecule has 3 nitrogen and oxygen atoms in total. The Balaban J connectivity index is 1.47. The summed E-state index contributed by atoms with van der Waals surface area (Å²) in [4.78, 5) is 9.88. The van der Waals surface area contributed by atoms with Gasteiger partial charge in [0.2, 0.25) is 5.78 Å². The number of imidazole rings is 1. The summed E-state index contributed by atoms with van der Waals surface area (Å²) in [6, 6.07) is 44.5. The van der Waals surface area contributed by atoms with Crippen molar-refractivity contribution in [1.82, 2.24) is 14.4 Å². The molecule has 0 aliphatic rings. The normalized spacial score (nSPS) is 11.4. The van der Waals surface area contributed by atoms with Crippen LogP contribution in [-0.2, 0) is 0 Å². The van der Waals surface area contributed by atoms with Gasteiger partial charge in [-0.3, -0.25) is 4.40 Å². The Morgan fingerprint density at radius 2 is 1.23 bits per heavy atom. The van der Waals surface area contributed by atoms with Gasteiger partial charge in [-0.2, -0.15) is 0 Å². The fraction of sp³-hybridized carbons (Fsp3) is 0. The molecule has 7 rings (SSSR count). The van der Waals surface area contributed by atoms with Crippen molar-refractivity contribution in [2.24, 2.45) is 0 Å². The highest BCUT2D eigenvalue weighted by Crippen LogP contribution is 2.33. The number of aromatic nitrogens is 3. The van der Waals surface area contributed by atoms with Crippen LogP contribution in [0.4, 0.5) is 0 Å². The third-order valence-electron chi connectivity index (χ3n) is 6.61. The highest BCUT2D eigenvalue weighted by Gasteiger charge is 2.14. The number of para-hydroxylation sites is 2. The molecule has 35 heavy (non-hydrogen) atoms. The highest BCUT2D eigenvalue weighted by molar-refractivity contribution is 5.97. The molecule has 0 spiro atoms. The van der Waals surface area contributed by atoms with Gasteiger partial charge in [0, 0.05) is 5.56 Å². The minimum absolute atomic E-state index is 0.707. The van der Waals surface area contributed by atoms with Crippen LogP contribution in [-0.4, -0.2) is 14.4 Å². The Morgan fingerprint density at radius 3 is 2.17 bits per heavy atom. The molecule has 7 aromatic rings. The van der Waals surface area contributed by atoms with Gasteiger partial charge in [0.1, 0.15) is 0 Å². The van der Waals surface area contributed by atoms with E-state index in [4.69, 9.17) is 9.97 Å². The second kappa shape index (κ2) is 7.93. The molecule has 2 aromatic heterocycles. The molecular formula is C32H21N3. The molecule has 3 heteroatoms. The Morgan fingerprint density at radius 1 is 0.514 bits per heavy atom. The Kier molecular flexibility index (Phi) is 4.46. The molecule has 0 N–H and O–H groups in total. The van der Waals surface area contributed by atoms with Crippen molar-refractivity contribution in [2.45, 2.75) is 0 Å². The summed E-state index contributed by atoms with van der Waals surface area (Å²) in [6.07, 6.45) is 0. The standard InChI is InChI=1S/C32H21N3/c1-2-11-23(12-3-1)31-21-29(34-32-33-28-18-6-7-19-30(28)35(31)32)25-15-8-14-24(20-25)27-17-9-13-22-10-4-5-16-26(22)27/h1-21H. The van der Waals surface area contributed by atoms with Crippen molar-refractivity contribution < 1.29 is 0 Å². The monoisotopic (exact) mass is 447 g/mol. The van der Waals surface area contributed by atoms with Gasteiger partial charge in [0.15, 0.2) is 0 Å².